The van der Waals surface area contributed by atoms with Crippen molar-refractivity contribution in [3.63, 3.8) is 0 Å². The molecule has 0 heterocycles. The highest BCUT2D eigenvalue weighted by Crippen LogP contribution is 2.16. The van der Waals surface area contributed by atoms with Crippen molar-refractivity contribution in [3.8, 4) is 0 Å². The second kappa shape index (κ2) is 5.17. The van der Waals surface area contributed by atoms with Crippen molar-refractivity contribution in [2.45, 2.75) is 6.42 Å². The quantitative estimate of drug-likeness (QED) is 0.651. The van der Waals surface area contributed by atoms with E-state index in [1.807, 2.05) is 0 Å². The number of carbonyl (C=O) groups is 1. The van der Waals surface area contributed by atoms with E-state index in [0.717, 1.165) is 0 Å². The molecule has 1 aromatic rings. The molecule has 0 unspecified atom stereocenters. The van der Waals surface area contributed by atoms with Crippen LogP contribution in [0, 0.1) is 0 Å². The molecule has 0 aromatic heterocycles. The SMILES string of the molecule is Nc1ccc(C(=O)O)cc1C=CCCO. The van der Waals surface area contributed by atoms with Crippen LogP contribution in [0.5, 0.6) is 0 Å². The van der Waals surface area contributed by atoms with Crippen molar-refractivity contribution in [3.05, 3.63) is 35.4 Å². The fourth-order valence-electron chi connectivity index (χ4n) is 1.14. The van der Waals surface area contributed by atoms with Gasteiger partial charge in [-0.05, 0) is 30.2 Å². The smallest absolute Gasteiger partial charge is 0.335 e. The van der Waals surface area contributed by atoms with E-state index >= 15 is 0 Å². The van der Waals surface area contributed by atoms with Crippen LogP contribution in [0.4, 0.5) is 5.69 Å². The third-order valence-corrected chi connectivity index (χ3v) is 1.93. The van der Waals surface area contributed by atoms with Gasteiger partial charge in [0, 0.05) is 12.3 Å². The van der Waals surface area contributed by atoms with Crippen molar-refractivity contribution >= 4 is 17.7 Å². The maximum atomic E-state index is 10.7. The Bertz CT molecular complexity index is 385. The van der Waals surface area contributed by atoms with Gasteiger partial charge in [0.05, 0.1) is 5.56 Å². The lowest BCUT2D eigenvalue weighted by Crippen LogP contribution is -1.98. The second-order valence-electron chi connectivity index (χ2n) is 3.06. The number of nitrogens with two attached hydrogens (primary N) is 1. The monoisotopic (exact) mass is 207 g/mol. The molecule has 0 radical (unpaired) electrons. The van der Waals surface area contributed by atoms with Crippen LogP contribution in [0.3, 0.4) is 0 Å². The van der Waals surface area contributed by atoms with Crippen LogP contribution in [-0.2, 0) is 0 Å². The molecule has 15 heavy (non-hydrogen) atoms. The van der Waals surface area contributed by atoms with Crippen molar-refractivity contribution in [2.24, 2.45) is 0 Å². The molecule has 0 amide bonds. The van der Waals surface area contributed by atoms with Gasteiger partial charge in [-0.25, -0.2) is 4.79 Å². The lowest BCUT2D eigenvalue weighted by atomic mass is 10.1. The van der Waals surface area contributed by atoms with Gasteiger partial charge in [-0.2, -0.15) is 0 Å². The molecular weight excluding hydrogens is 194 g/mol. The summed E-state index contributed by atoms with van der Waals surface area (Å²) in [7, 11) is 0. The molecule has 0 aliphatic heterocycles. The summed E-state index contributed by atoms with van der Waals surface area (Å²) in [5, 5.41) is 17.3. The van der Waals surface area contributed by atoms with Crippen LogP contribution in [0.1, 0.15) is 22.3 Å². The van der Waals surface area contributed by atoms with Gasteiger partial charge in [0.25, 0.3) is 0 Å². The van der Waals surface area contributed by atoms with Crippen molar-refractivity contribution in [2.75, 3.05) is 12.3 Å². The highest BCUT2D eigenvalue weighted by atomic mass is 16.4. The summed E-state index contributed by atoms with van der Waals surface area (Å²) in [6, 6.07) is 4.52. The first-order valence-electron chi connectivity index (χ1n) is 4.55. The van der Waals surface area contributed by atoms with E-state index in [4.69, 9.17) is 15.9 Å². The van der Waals surface area contributed by atoms with Crippen molar-refractivity contribution in [1.82, 2.24) is 0 Å². The molecule has 0 spiro atoms. The van der Waals surface area contributed by atoms with Gasteiger partial charge in [0.15, 0.2) is 0 Å². The van der Waals surface area contributed by atoms with Gasteiger partial charge in [-0.3, -0.25) is 0 Å². The molecule has 4 nitrogen and oxygen atoms in total. The number of aliphatic hydroxyl groups excluding tert-OH is 1. The number of aromatic carboxylic acids is 1. The number of rotatable bonds is 4. The molecule has 0 fully saturated rings. The minimum atomic E-state index is -0.980. The Morgan fingerprint density at radius 1 is 1.47 bits per heavy atom. The number of hydrogen-bond donors (Lipinski definition) is 3. The summed E-state index contributed by atoms with van der Waals surface area (Å²) in [5.41, 5.74) is 7.05. The first-order chi connectivity index (χ1) is 7.15. The molecule has 0 atom stereocenters. The Labute approximate surface area is 87.7 Å². The maximum absolute atomic E-state index is 10.7. The summed E-state index contributed by atoms with van der Waals surface area (Å²) in [4.78, 5) is 10.7. The highest BCUT2D eigenvalue weighted by Gasteiger charge is 2.04. The predicted molar refractivity (Wildman–Crippen MR) is 58.6 cm³/mol. The van der Waals surface area contributed by atoms with Gasteiger partial charge >= 0.3 is 5.97 Å². The Balaban J connectivity index is 2.95. The third-order valence-electron chi connectivity index (χ3n) is 1.93. The van der Waals surface area contributed by atoms with Crippen molar-refractivity contribution in [1.29, 1.82) is 0 Å². The number of hydrogen-bond acceptors (Lipinski definition) is 3. The zero-order chi connectivity index (χ0) is 11.3. The first-order valence-corrected chi connectivity index (χ1v) is 4.55. The first kappa shape index (κ1) is 11.3. The lowest BCUT2D eigenvalue weighted by molar-refractivity contribution is 0.0697. The third kappa shape index (κ3) is 3.11. The fourth-order valence-corrected chi connectivity index (χ4v) is 1.14. The Kier molecular flexibility index (Phi) is 3.88. The minimum Gasteiger partial charge on any atom is -0.478 e. The lowest BCUT2D eigenvalue weighted by Gasteiger charge is -2.01. The van der Waals surface area contributed by atoms with Gasteiger partial charge in [-0.1, -0.05) is 12.2 Å². The Hall–Kier alpha value is -1.81. The normalized spacial score (nSPS) is 10.7. The second-order valence-corrected chi connectivity index (χ2v) is 3.06. The van der Waals surface area contributed by atoms with Crippen molar-refractivity contribution < 1.29 is 15.0 Å². The molecule has 0 aliphatic carbocycles. The number of anilines is 1. The largest absolute Gasteiger partial charge is 0.478 e. The van der Waals surface area contributed by atoms with Gasteiger partial charge in [-0.15, -0.1) is 0 Å². The van der Waals surface area contributed by atoms with Gasteiger partial charge < -0.3 is 15.9 Å². The molecule has 4 N–H and O–H groups in total. The average Bonchev–Trinajstić information content (AvgIpc) is 2.20. The molecule has 0 aliphatic rings. The Morgan fingerprint density at radius 2 is 2.20 bits per heavy atom. The van der Waals surface area contributed by atoms with Crippen LogP contribution < -0.4 is 5.73 Å². The van der Waals surface area contributed by atoms with Crippen LogP contribution >= 0.6 is 0 Å². The molecule has 0 bridgehead atoms. The molecule has 1 aromatic carbocycles. The van der Waals surface area contributed by atoms with E-state index in [0.29, 0.717) is 17.7 Å². The predicted octanol–water partition coefficient (Wildman–Crippen LogP) is 1.36. The summed E-state index contributed by atoms with van der Waals surface area (Å²) < 4.78 is 0. The fraction of sp³-hybridized carbons (Fsp3) is 0.182. The van der Waals surface area contributed by atoms with E-state index in [2.05, 4.69) is 0 Å². The number of carboxylic acids is 1. The summed E-state index contributed by atoms with van der Waals surface area (Å²) >= 11 is 0. The molecule has 0 saturated heterocycles. The zero-order valence-electron chi connectivity index (χ0n) is 8.18. The van der Waals surface area contributed by atoms with E-state index in [1.54, 1.807) is 18.2 Å². The molecular formula is C11H13NO3. The van der Waals surface area contributed by atoms with E-state index < -0.39 is 5.97 Å². The van der Waals surface area contributed by atoms with Crippen LogP contribution in [-0.4, -0.2) is 22.8 Å². The minimum absolute atomic E-state index is 0.0645. The topological polar surface area (TPSA) is 83.6 Å². The average molecular weight is 207 g/mol. The molecule has 4 heteroatoms. The van der Waals surface area contributed by atoms with Crippen LogP contribution in [0.15, 0.2) is 24.3 Å². The van der Waals surface area contributed by atoms with E-state index in [-0.39, 0.29) is 12.2 Å². The standard InChI is InChI=1S/C11H13NO3/c12-10-5-4-9(11(14)15)7-8(10)3-1-2-6-13/h1,3-5,7,13H,2,6,12H2,(H,14,15). The van der Waals surface area contributed by atoms with E-state index in [1.165, 1.54) is 12.1 Å². The van der Waals surface area contributed by atoms with E-state index in [9.17, 15) is 4.79 Å². The molecule has 0 saturated carbocycles. The van der Waals surface area contributed by atoms with Crippen LogP contribution in [0.2, 0.25) is 0 Å². The van der Waals surface area contributed by atoms with Gasteiger partial charge in [0.2, 0.25) is 0 Å². The summed E-state index contributed by atoms with van der Waals surface area (Å²) in [6.07, 6.45) is 3.98. The maximum Gasteiger partial charge on any atom is 0.335 e. The number of carboxylic acid groups (broad SMARTS) is 1. The molecule has 1 rings (SSSR count). The number of benzene rings is 1. The Morgan fingerprint density at radius 3 is 2.80 bits per heavy atom. The number of aliphatic hydroxyl groups is 1. The van der Waals surface area contributed by atoms with Crippen LogP contribution in [0.25, 0.3) is 6.08 Å². The zero-order valence-corrected chi connectivity index (χ0v) is 8.18. The highest BCUT2D eigenvalue weighted by molar-refractivity contribution is 5.89. The molecule has 80 valence electrons. The summed E-state index contributed by atoms with van der Waals surface area (Å²) in [5.74, 6) is -0.980. The van der Waals surface area contributed by atoms with Gasteiger partial charge in [0.1, 0.15) is 0 Å². The number of nitrogen functional groups attached to an aromatic ring is 1. The summed E-state index contributed by atoms with van der Waals surface area (Å²) in [6.45, 7) is 0.0645.